The van der Waals surface area contributed by atoms with E-state index in [2.05, 4.69) is 24.5 Å². The van der Waals surface area contributed by atoms with E-state index in [9.17, 15) is 9.59 Å². The molecular formula is C13H23N3O2. The largest absolute Gasteiger partial charge is 0.326 e. The molecule has 18 heavy (non-hydrogen) atoms. The number of carbonyl (C=O) groups is 2. The lowest BCUT2D eigenvalue weighted by molar-refractivity contribution is -0.128. The van der Waals surface area contributed by atoms with Gasteiger partial charge in [0.1, 0.15) is 6.04 Å². The van der Waals surface area contributed by atoms with Crippen LogP contribution in [0, 0.1) is 11.8 Å². The van der Waals surface area contributed by atoms with Crippen molar-refractivity contribution in [1.82, 2.24) is 15.5 Å². The van der Waals surface area contributed by atoms with Crippen molar-refractivity contribution in [3.63, 3.8) is 0 Å². The summed E-state index contributed by atoms with van der Waals surface area (Å²) in [4.78, 5) is 25.4. The van der Waals surface area contributed by atoms with Crippen molar-refractivity contribution >= 4 is 11.9 Å². The fourth-order valence-electron chi connectivity index (χ4n) is 2.70. The van der Waals surface area contributed by atoms with E-state index in [1.54, 1.807) is 0 Å². The van der Waals surface area contributed by atoms with Crippen LogP contribution in [-0.4, -0.2) is 42.5 Å². The number of nitrogens with one attached hydrogen (secondary N) is 2. The van der Waals surface area contributed by atoms with Crippen LogP contribution in [-0.2, 0) is 4.79 Å². The summed E-state index contributed by atoms with van der Waals surface area (Å²) in [5, 5.41) is 6.09. The first-order valence-electron chi connectivity index (χ1n) is 6.90. The molecular weight excluding hydrogens is 230 g/mol. The molecule has 0 radical (unpaired) electrons. The van der Waals surface area contributed by atoms with E-state index in [-0.39, 0.29) is 18.0 Å². The van der Waals surface area contributed by atoms with Crippen molar-refractivity contribution in [3.05, 3.63) is 0 Å². The Morgan fingerprint density at radius 2 is 1.94 bits per heavy atom. The fourth-order valence-corrected chi connectivity index (χ4v) is 2.70. The van der Waals surface area contributed by atoms with Crippen molar-refractivity contribution in [2.24, 2.45) is 11.8 Å². The second kappa shape index (κ2) is 5.69. The zero-order valence-electron chi connectivity index (χ0n) is 11.2. The topological polar surface area (TPSA) is 61.4 Å². The molecule has 0 saturated carbocycles. The number of amides is 3. The predicted octanol–water partition coefficient (Wildman–Crippen LogP) is 0.952. The maximum Gasteiger partial charge on any atom is 0.324 e. The molecule has 2 rings (SSSR count). The van der Waals surface area contributed by atoms with Crippen molar-refractivity contribution in [1.29, 1.82) is 0 Å². The van der Waals surface area contributed by atoms with Gasteiger partial charge < -0.3 is 10.6 Å². The molecule has 2 N–H and O–H groups in total. The Morgan fingerprint density at radius 3 is 2.56 bits per heavy atom. The van der Waals surface area contributed by atoms with Crippen molar-refractivity contribution in [2.75, 3.05) is 19.6 Å². The minimum Gasteiger partial charge on any atom is -0.326 e. The minimum atomic E-state index is -0.306. The van der Waals surface area contributed by atoms with E-state index in [4.69, 9.17) is 0 Å². The lowest BCUT2D eigenvalue weighted by Crippen LogP contribution is -2.39. The lowest BCUT2D eigenvalue weighted by Gasteiger charge is -2.25. The molecule has 0 aromatic carbocycles. The van der Waals surface area contributed by atoms with Gasteiger partial charge in [0.15, 0.2) is 0 Å². The minimum absolute atomic E-state index is 0.0350. The van der Waals surface area contributed by atoms with Crippen LogP contribution < -0.4 is 10.6 Å². The number of imide groups is 1. The first kappa shape index (κ1) is 13.3. The fraction of sp³-hybridized carbons (Fsp3) is 0.846. The van der Waals surface area contributed by atoms with Gasteiger partial charge in [-0.1, -0.05) is 13.8 Å². The van der Waals surface area contributed by atoms with Crippen molar-refractivity contribution in [3.8, 4) is 0 Å². The van der Waals surface area contributed by atoms with Gasteiger partial charge in [-0.3, -0.25) is 9.69 Å². The molecule has 0 aromatic rings. The van der Waals surface area contributed by atoms with E-state index in [1.807, 2.05) is 0 Å². The number of nitrogens with zero attached hydrogens (tertiary/aromatic N) is 1. The van der Waals surface area contributed by atoms with Gasteiger partial charge in [0.25, 0.3) is 5.91 Å². The number of hydrogen-bond donors (Lipinski definition) is 2. The molecule has 2 fully saturated rings. The summed E-state index contributed by atoms with van der Waals surface area (Å²) in [6, 6.07) is -0.511. The van der Waals surface area contributed by atoms with E-state index < -0.39 is 0 Å². The molecule has 0 spiro atoms. The van der Waals surface area contributed by atoms with Gasteiger partial charge >= 0.3 is 6.03 Å². The van der Waals surface area contributed by atoms with Crippen molar-refractivity contribution < 1.29 is 9.59 Å². The van der Waals surface area contributed by atoms with Gasteiger partial charge in [0.2, 0.25) is 0 Å². The molecule has 1 atom stereocenters. The zero-order valence-corrected chi connectivity index (χ0v) is 11.2. The van der Waals surface area contributed by atoms with E-state index in [0.717, 1.165) is 32.4 Å². The Hall–Kier alpha value is -1.10. The number of urea groups is 1. The highest BCUT2D eigenvalue weighted by Gasteiger charge is 2.38. The molecule has 2 heterocycles. The molecule has 2 saturated heterocycles. The van der Waals surface area contributed by atoms with Crippen LogP contribution in [0.2, 0.25) is 0 Å². The maximum absolute atomic E-state index is 12.2. The third-order valence-electron chi connectivity index (χ3n) is 3.71. The second-order valence-corrected chi connectivity index (χ2v) is 5.77. The molecule has 3 amide bonds. The highest BCUT2D eigenvalue weighted by molar-refractivity contribution is 6.04. The molecule has 102 valence electrons. The van der Waals surface area contributed by atoms with Gasteiger partial charge in [-0.15, -0.1) is 0 Å². The van der Waals surface area contributed by atoms with Gasteiger partial charge in [-0.25, -0.2) is 4.79 Å². The lowest BCUT2D eigenvalue weighted by atomic mass is 9.97. The third kappa shape index (κ3) is 3.02. The molecule has 2 aliphatic rings. The van der Waals surface area contributed by atoms with Crippen LogP contribution in [0.1, 0.15) is 33.1 Å². The van der Waals surface area contributed by atoms with Gasteiger partial charge in [0, 0.05) is 6.54 Å². The first-order chi connectivity index (χ1) is 8.58. The van der Waals surface area contributed by atoms with Crippen LogP contribution in [0.25, 0.3) is 0 Å². The first-order valence-corrected chi connectivity index (χ1v) is 6.90. The average Bonchev–Trinajstić information content (AvgIpc) is 2.58. The molecule has 5 heteroatoms. The smallest absolute Gasteiger partial charge is 0.324 e. The Balaban J connectivity index is 1.91. The number of hydrogen-bond acceptors (Lipinski definition) is 3. The number of rotatable bonds is 4. The van der Waals surface area contributed by atoms with E-state index in [0.29, 0.717) is 18.4 Å². The van der Waals surface area contributed by atoms with E-state index >= 15 is 0 Å². The van der Waals surface area contributed by atoms with Crippen LogP contribution in [0.15, 0.2) is 0 Å². The monoisotopic (exact) mass is 253 g/mol. The molecule has 0 bridgehead atoms. The van der Waals surface area contributed by atoms with Crippen LogP contribution in [0.3, 0.4) is 0 Å². The molecule has 2 aliphatic heterocycles. The highest BCUT2D eigenvalue weighted by Crippen LogP contribution is 2.19. The second-order valence-electron chi connectivity index (χ2n) is 5.77. The van der Waals surface area contributed by atoms with Crippen LogP contribution >= 0.6 is 0 Å². The van der Waals surface area contributed by atoms with Crippen molar-refractivity contribution in [2.45, 2.75) is 39.2 Å². The summed E-state index contributed by atoms with van der Waals surface area (Å²) >= 11 is 0. The Kier molecular flexibility index (Phi) is 4.22. The quantitative estimate of drug-likeness (QED) is 0.733. The number of carbonyl (C=O) groups excluding carboxylic acids is 2. The highest BCUT2D eigenvalue weighted by atomic mass is 16.2. The maximum atomic E-state index is 12.2. The summed E-state index contributed by atoms with van der Waals surface area (Å²) in [6.07, 6.45) is 2.82. The van der Waals surface area contributed by atoms with Gasteiger partial charge in [-0.2, -0.15) is 0 Å². The summed E-state index contributed by atoms with van der Waals surface area (Å²) < 4.78 is 0. The summed E-state index contributed by atoms with van der Waals surface area (Å²) in [5.74, 6) is 0.837. The summed E-state index contributed by atoms with van der Waals surface area (Å²) in [5.41, 5.74) is 0. The standard InChI is InChI=1S/C13H23N3O2/c1-9(2)7-11-12(17)16(13(18)15-11)8-10-3-5-14-6-4-10/h9-11,14H,3-8H2,1-2H3,(H,15,18). The molecule has 5 nitrogen and oxygen atoms in total. The normalized spacial score (nSPS) is 25.9. The predicted molar refractivity (Wildman–Crippen MR) is 69.1 cm³/mol. The SMILES string of the molecule is CC(C)CC1NC(=O)N(CC2CCNCC2)C1=O. The Bertz CT molecular complexity index is 324. The number of piperidine rings is 1. The average molecular weight is 253 g/mol. The van der Waals surface area contributed by atoms with Gasteiger partial charge in [0.05, 0.1) is 0 Å². The summed E-state index contributed by atoms with van der Waals surface area (Å²) in [7, 11) is 0. The zero-order chi connectivity index (χ0) is 13.1. The molecule has 0 aliphatic carbocycles. The van der Waals surface area contributed by atoms with Crippen LogP contribution in [0.5, 0.6) is 0 Å². The van der Waals surface area contributed by atoms with E-state index in [1.165, 1.54) is 4.90 Å². The third-order valence-corrected chi connectivity index (χ3v) is 3.71. The Labute approximate surface area is 108 Å². The Morgan fingerprint density at radius 1 is 1.28 bits per heavy atom. The molecule has 0 aromatic heterocycles. The van der Waals surface area contributed by atoms with Crippen LogP contribution in [0.4, 0.5) is 4.79 Å². The van der Waals surface area contributed by atoms with Gasteiger partial charge in [-0.05, 0) is 44.2 Å². The molecule has 1 unspecified atom stereocenters. The summed E-state index contributed by atoms with van der Waals surface area (Å²) in [6.45, 7) is 6.69.